The smallest absolute Gasteiger partial charge is 0.281 e. The predicted molar refractivity (Wildman–Crippen MR) is 120 cm³/mol. The minimum Gasteiger partial charge on any atom is -0.495 e. The van der Waals surface area contributed by atoms with Gasteiger partial charge >= 0.3 is 0 Å². The number of methoxy groups -OCH3 is 2. The molecule has 0 aliphatic carbocycles. The summed E-state index contributed by atoms with van der Waals surface area (Å²) in [5, 5.41) is 3.21. The number of thiocarbonyl (C=S) groups is 1. The Morgan fingerprint density at radius 1 is 0.968 bits per heavy atom. The quantitative estimate of drug-likeness (QED) is 0.441. The molecule has 1 amide bonds. The number of para-hydroxylation sites is 4. The van der Waals surface area contributed by atoms with Gasteiger partial charge in [-0.15, -0.1) is 0 Å². The third-order valence-corrected chi connectivity index (χ3v) is 4.90. The molecule has 2 aromatic carbocycles. The fourth-order valence-corrected chi connectivity index (χ4v) is 3.44. The summed E-state index contributed by atoms with van der Waals surface area (Å²) in [5.41, 5.74) is 0.878. The van der Waals surface area contributed by atoms with Crippen LogP contribution >= 0.6 is 12.2 Å². The third kappa shape index (κ3) is 4.24. The van der Waals surface area contributed by atoms with Gasteiger partial charge in [-0.1, -0.05) is 24.3 Å². The van der Waals surface area contributed by atoms with E-state index in [-0.39, 0.29) is 17.6 Å². The molecule has 0 spiro atoms. The molecule has 2 heterocycles. The van der Waals surface area contributed by atoms with Gasteiger partial charge < -0.3 is 23.9 Å². The molecule has 0 radical (unpaired) electrons. The highest BCUT2D eigenvalue weighted by molar-refractivity contribution is 7.80. The number of benzene rings is 2. The molecule has 7 nitrogen and oxygen atoms in total. The van der Waals surface area contributed by atoms with Gasteiger partial charge in [0.2, 0.25) is 0 Å². The van der Waals surface area contributed by atoms with E-state index in [2.05, 4.69) is 5.32 Å². The number of hydrogen-bond donors (Lipinski definition) is 1. The Morgan fingerprint density at radius 2 is 1.65 bits per heavy atom. The number of furan rings is 1. The molecular formula is C23H20N2O5S. The Balaban J connectivity index is 1.49. The molecule has 158 valence electrons. The van der Waals surface area contributed by atoms with Crippen LogP contribution in [-0.2, 0) is 11.4 Å². The number of nitrogens with one attached hydrogen (secondary N) is 1. The van der Waals surface area contributed by atoms with Crippen LogP contribution in [0.5, 0.6) is 17.2 Å². The minimum atomic E-state index is -0.294. The largest absolute Gasteiger partial charge is 0.495 e. The molecule has 1 fully saturated rings. The van der Waals surface area contributed by atoms with E-state index in [4.69, 9.17) is 30.8 Å². The van der Waals surface area contributed by atoms with Crippen molar-refractivity contribution in [3.05, 3.63) is 77.9 Å². The molecule has 0 saturated carbocycles. The maximum absolute atomic E-state index is 12.9. The lowest BCUT2D eigenvalue weighted by atomic mass is 10.2. The van der Waals surface area contributed by atoms with Crippen molar-refractivity contribution >= 4 is 35.0 Å². The summed E-state index contributed by atoms with van der Waals surface area (Å²) in [6.07, 6.45) is 1.61. The highest BCUT2D eigenvalue weighted by atomic mass is 32.1. The summed E-state index contributed by atoms with van der Waals surface area (Å²) in [4.78, 5) is 14.3. The summed E-state index contributed by atoms with van der Waals surface area (Å²) >= 11 is 5.36. The van der Waals surface area contributed by atoms with Crippen LogP contribution in [0.3, 0.4) is 0 Å². The van der Waals surface area contributed by atoms with E-state index in [0.29, 0.717) is 40.2 Å². The number of anilines is 1. The normalized spacial score (nSPS) is 14.6. The molecule has 1 aromatic heterocycles. The molecule has 4 rings (SSSR count). The zero-order valence-corrected chi connectivity index (χ0v) is 17.8. The number of rotatable bonds is 7. The predicted octanol–water partition coefficient (Wildman–Crippen LogP) is 4.14. The molecule has 0 bridgehead atoms. The van der Waals surface area contributed by atoms with Gasteiger partial charge in [-0.3, -0.25) is 4.79 Å². The summed E-state index contributed by atoms with van der Waals surface area (Å²) in [6, 6.07) is 18.1. The molecule has 1 N–H and O–H groups in total. The van der Waals surface area contributed by atoms with Gasteiger partial charge in [-0.05, 0) is 48.6 Å². The first-order valence-corrected chi connectivity index (χ1v) is 9.86. The molecule has 0 unspecified atom stereocenters. The molecule has 1 aliphatic rings. The van der Waals surface area contributed by atoms with Gasteiger partial charge in [-0.2, -0.15) is 0 Å². The molecule has 0 atom stereocenters. The van der Waals surface area contributed by atoms with Crippen LogP contribution in [0.2, 0.25) is 0 Å². The van der Waals surface area contributed by atoms with Crippen LogP contribution < -0.4 is 24.4 Å². The monoisotopic (exact) mass is 436 g/mol. The Hall–Kier alpha value is -3.78. The van der Waals surface area contributed by atoms with E-state index in [0.717, 1.165) is 0 Å². The Morgan fingerprint density at radius 3 is 2.39 bits per heavy atom. The molecule has 1 saturated heterocycles. The topological polar surface area (TPSA) is 73.2 Å². The van der Waals surface area contributed by atoms with Gasteiger partial charge in [-0.25, -0.2) is 4.90 Å². The second-order valence-electron chi connectivity index (χ2n) is 6.54. The van der Waals surface area contributed by atoms with Crippen molar-refractivity contribution in [1.29, 1.82) is 0 Å². The molecule has 8 heteroatoms. The highest BCUT2D eigenvalue weighted by Gasteiger charge is 2.33. The standard InChI is InChI=1S/C23H20N2O5S/c1-27-19-8-4-3-7-18(19)25-22(26)17(24-23(25)31)13-15-11-12-16(30-15)14-29-21-10-6-5-9-20(21)28-2/h3-13H,14H2,1-2H3,(H,24,31)/b17-13+. The molecule has 31 heavy (non-hydrogen) atoms. The zero-order valence-electron chi connectivity index (χ0n) is 17.0. The van der Waals surface area contributed by atoms with Crippen molar-refractivity contribution < 1.29 is 23.4 Å². The van der Waals surface area contributed by atoms with E-state index >= 15 is 0 Å². The lowest BCUT2D eigenvalue weighted by Gasteiger charge is -2.17. The Bertz CT molecular complexity index is 1150. The zero-order chi connectivity index (χ0) is 21.8. The van der Waals surface area contributed by atoms with Crippen molar-refractivity contribution in [3.63, 3.8) is 0 Å². The first kappa shape index (κ1) is 20.5. The average Bonchev–Trinajstić information content (AvgIpc) is 3.36. The summed E-state index contributed by atoms with van der Waals surface area (Å²) in [7, 11) is 3.13. The SMILES string of the molecule is COc1ccccc1OCc1ccc(/C=C2/NC(=S)N(c3ccccc3OC)C2=O)o1. The number of hydrogen-bond acceptors (Lipinski definition) is 6. The molecular weight excluding hydrogens is 416 g/mol. The Kier molecular flexibility index (Phi) is 5.90. The number of carbonyl (C=O) groups excluding carboxylic acids is 1. The van der Waals surface area contributed by atoms with E-state index < -0.39 is 0 Å². The average molecular weight is 436 g/mol. The van der Waals surface area contributed by atoms with E-state index in [1.807, 2.05) is 36.4 Å². The van der Waals surface area contributed by atoms with Crippen LogP contribution in [0.4, 0.5) is 5.69 Å². The van der Waals surface area contributed by atoms with Crippen molar-refractivity contribution in [3.8, 4) is 17.2 Å². The second kappa shape index (κ2) is 8.93. The maximum Gasteiger partial charge on any atom is 0.281 e. The van der Waals surface area contributed by atoms with Gasteiger partial charge in [0.15, 0.2) is 16.6 Å². The van der Waals surface area contributed by atoms with Gasteiger partial charge in [0.1, 0.15) is 29.6 Å². The van der Waals surface area contributed by atoms with Crippen LogP contribution in [0.15, 0.2) is 70.8 Å². The summed E-state index contributed by atoms with van der Waals surface area (Å²) < 4.78 is 22.2. The number of ether oxygens (including phenoxy) is 3. The van der Waals surface area contributed by atoms with Crippen molar-refractivity contribution in [2.45, 2.75) is 6.61 Å². The van der Waals surface area contributed by atoms with Gasteiger partial charge in [0.05, 0.1) is 19.9 Å². The van der Waals surface area contributed by atoms with E-state index in [1.54, 1.807) is 44.6 Å². The molecule has 1 aliphatic heterocycles. The minimum absolute atomic E-state index is 0.219. The lowest BCUT2D eigenvalue weighted by molar-refractivity contribution is -0.113. The van der Waals surface area contributed by atoms with Crippen LogP contribution in [0, 0.1) is 0 Å². The van der Waals surface area contributed by atoms with E-state index in [1.165, 1.54) is 4.90 Å². The van der Waals surface area contributed by atoms with Crippen molar-refractivity contribution in [2.24, 2.45) is 0 Å². The first-order chi connectivity index (χ1) is 15.1. The fourth-order valence-electron chi connectivity index (χ4n) is 3.15. The number of carbonyl (C=O) groups is 1. The second-order valence-corrected chi connectivity index (χ2v) is 6.93. The van der Waals surface area contributed by atoms with E-state index in [9.17, 15) is 4.79 Å². The third-order valence-electron chi connectivity index (χ3n) is 4.61. The lowest BCUT2D eigenvalue weighted by Crippen LogP contribution is -2.30. The first-order valence-electron chi connectivity index (χ1n) is 9.45. The van der Waals surface area contributed by atoms with Crippen LogP contribution in [0.25, 0.3) is 6.08 Å². The van der Waals surface area contributed by atoms with Crippen LogP contribution in [0.1, 0.15) is 11.5 Å². The highest BCUT2D eigenvalue weighted by Crippen LogP contribution is 2.31. The number of nitrogens with zero attached hydrogens (tertiary/aromatic N) is 1. The fraction of sp³-hybridized carbons (Fsp3) is 0.130. The van der Waals surface area contributed by atoms with Gasteiger partial charge in [0, 0.05) is 6.08 Å². The van der Waals surface area contributed by atoms with Crippen LogP contribution in [-0.4, -0.2) is 25.2 Å². The van der Waals surface area contributed by atoms with Crippen molar-refractivity contribution in [1.82, 2.24) is 5.32 Å². The number of amides is 1. The summed E-state index contributed by atoms with van der Waals surface area (Å²) in [5.74, 6) is 2.62. The maximum atomic E-state index is 12.9. The van der Waals surface area contributed by atoms with Crippen molar-refractivity contribution in [2.75, 3.05) is 19.1 Å². The Labute approximate surface area is 184 Å². The van der Waals surface area contributed by atoms with Gasteiger partial charge in [0.25, 0.3) is 5.91 Å². The summed E-state index contributed by atoms with van der Waals surface area (Å²) in [6.45, 7) is 0.219. The molecule has 3 aromatic rings.